The monoisotopic (exact) mass is 284 g/mol. The van der Waals surface area contributed by atoms with Crippen molar-refractivity contribution in [2.45, 2.75) is 19.3 Å². The van der Waals surface area contributed by atoms with Crippen LogP contribution in [-0.4, -0.2) is 22.6 Å². The highest BCUT2D eigenvalue weighted by atomic mass is 16.3. The van der Waals surface area contributed by atoms with Crippen LogP contribution in [0.4, 0.5) is 5.82 Å². The molecule has 2 aromatic heterocycles. The van der Waals surface area contributed by atoms with Gasteiger partial charge in [-0.2, -0.15) is 0 Å². The predicted molar refractivity (Wildman–Crippen MR) is 78.5 cm³/mol. The molecule has 0 unspecified atom stereocenters. The van der Waals surface area contributed by atoms with E-state index < -0.39 is 0 Å². The molecule has 5 heteroatoms. The number of anilines is 1. The number of aliphatic hydroxyl groups is 1. The first kappa shape index (κ1) is 14.8. The number of hydrogen-bond donors (Lipinski definition) is 2. The lowest BCUT2D eigenvalue weighted by Crippen LogP contribution is -2.13. The zero-order chi connectivity index (χ0) is 14.9. The number of amides is 1. The lowest BCUT2D eigenvalue weighted by molar-refractivity contribution is -0.116. The molecule has 21 heavy (non-hydrogen) atoms. The van der Waals surface area contributed by atoms with Crippen LogP contribution < -0.4 is 5.32 Å². The molecule has 0 fully saturated rings. The molecule has 0 atom stereocenters. The van der Waals surface area contributed by atoms with Gasteiger partial charge in [-0.1, -0.05) is 12.0 Å². The molecule has 0 spiro atoms. The van der Waals surface area contributed by atoms with Gasteiger partial charge in [-0.05, 0) is 30.2 Å². The van der Waals surface area contributed by atoms with Gasteiger partial charge in [0.1, 0.15) is 17.3 Å². The molecule has 108 valence electrons. The zero-order valence-electron chi connectivity index (χ0n) is 11.5. The molecule has 2 heterocycles. The summed E-state index contributed by atoms with van der Waals surface area (Å²) < 4.78 is 5.17. The van der Waals surface area contributed by atoms with Crippen LogP contribution in [0.25, 0.3) is 0 Å². The van der Waals surface area contributed by atoms with Gasteiger partial charge in [-0.15, -0.1) is 0 Å². The second-order valence-corrected chi connectivity index (χ2v) is 4.31. The summed E-state index contributed by atoms with van der Waals surface area (Å²) in [6, 6.07) is 8.87. The number of nitrogens with zero attached hydrogens (tertiary/aromatic N) is 1. The van der Waals surface area contributed by atoms with Gasteiger partial charge in [0.2, 0.25) is 5.91 Å². The number of aliphatic hydroxyl groups excluding tert-OH is 1. The number of furan rings is 1. The lowest BCUT2D eigenvalue weighted by atomic mass is 10.2. The molecule has 0 saturated carbocycles. The molecular formula is C16H16N2O3. The van der Waals surface area contributed by atoms with Crippen molar-refractivity contribution in [3.63, 3.8) is 0 Å². The second kappa shape index (κ2) is 7.88. The van der Waals surface area contributed by atoms with Crippen LogP contribution in [0.2, 0.25) is 0 Å². The quantitative estimate of drug-likeness (QED) is 0.823. The van der Waals surface area contributed by atoms with E-state index in [1.165, 1.54) is 0 Å². The molecule has 2 rings (SSSR count). The van der Waals surface area contributed by atoms with Crippen molar-refractivity contribution in [1.29, 1.82) is 0 Å². The smallest absolute Gasteiger partial charge is 0.225 e. The van der Waals surface area contributed by atoms with Crippen LogP contribution >= 0.6 is 0 Å². The summed E-state index contributed by atoms with van der Waals surface area (Å²) in [6.07, 6.45) is 2.87. The molecule has 1 amide bonds. The van der Waals surface area contributed by atoms with Gasteiger partial charge in [-0.3, -0.25) is 4.79 Å². The van der Waals surface area contributed by atoms with Crippen LogP contribution in [0.5, 0.6) is 0 Å². The molecule has 2 aromatic rings. The first-order chi connectivity index (χ1) is 10.3. The van der Waals surface area contributed by atoms with E-state index in [-0.39, 0.29) is 12.5 Å². The van der Waals surface area contributed by atoms with Gasteiger partial charge in [0, 0.05) is 19.3 Å². The van der Waals surface area contributed by atoms with Crippen molar-refractivity contribution in [3.8, 4) is 11.8 Å². The van der Waals surface area contributed by atoms with Gasteiger partial charge in [-0.25, -0.2) is 4.98 Å². The van der Waals surface area contributed by atoms with E-state index in [2.05, 4.69) is 22.1 Å². The van der Waals surface area contributed by atoms with Crippen LogP contribution in [0.1, 0.15) is 24.3 Å². The van der Waals surface area contributed by atoms with E-state index in [1.807, 2.05) is 6.07 Å². The Bertz CT molecular complexity index is 639. The van der Waals surface area contributed by atoms with E-state index >= 15 is 0 Å². The Hall–Kier alpha value is -2.58. The third kappa shape index (κ3) is 5.13. The minimum absolute atomic E-state index is 0.0240. The highest BCUT2D eigenvalue weighted by Crippen LogP contribution is 2.07. The summed E-state index contributed by atoms with van der Waals surface area (Å²) in [4.78, 5) is 16.0. The summed E-state index contributed by atoms with van der Waals surface area (Å²) in [7, 11) is 0. The Balaban J connectivity index is 1.88. The van der Waals surface area contributed by atoms with Crippen LogP contribution in [0, 0.1) is 11.8 Å². The van der Waals surface area contributed by atoms with Crippen molar-refractivity contribution in [3.05, 3.63) is 48.0 Å². The molecule has 0 saturated heterocycles. The Kier molecular flexibility index (Phi) is 5.56. The minimum Gasteiger partial charge on any atom is -0.469 e. The maximum Gasteiger partial charge on any atom is 0.225 e. The highest BCUT2D eigenvalue weighted by molar-refractivity contribution is 5.89. The molecular weight excluding hydrogens is 268 g/mol. The number of rotatable bonds is 5. The van der Waals surface area contributed by atoms with Crippen molar-refractivity contribution >= 4 is 11.7 Å². The van der Waals surface area contributed by atoms with Crippen molar-refractivity contribution in [1.82, 2.24) is 4.98 Å². The second-order valence-electron chi connectivity index (χ2n) is 4.31. The molecule has 0 aromatic carbocycles. The topological polar surface area (TPSA) is 75.4 Å². The molecule has 0 radical (unpaired) electrons. The van der Waals surface area contributed by atoms with Crippen molar-refractivity contribution < 1.29 is 14.3 Å². The fraction of sp³-hybridized carbons (Fsp3) is 0.250. The van der Waals surface area contributed by atoms with E-state index in [4.69, 9.17) is 9.52 Å². The first-order valence-electron chi connectivity index (χ1n) is 6.67. The third-order valence-corrected chi connectivity index (χ3v) is 2.65. The Morgan fingerprint density at radius 1 is 1.33 bits per heavy atom. The average molecular weight is 284 g/mol. The summed E-state index contributed by atoms with van der Waals surface area (Å²) in [5.74, 6) is 6.74. The largest absolute Gasteiger partial charge is 0.469 e. The predicted octanol–water partition coefficient (Wildman–Crippen LogP) is 1.98. The summed E-state index contributed by atoms with van der Waals surface area (Å²) in [5, 5.41) is 11.4. The van der Waals surface area contributed by atoms with Gasteiger partial charge < -0.3 is 14.8 Å². The average Bonchev–Trinajstić information content (AvgIpc) is 2.99. The maximum atomic E-state index is 11.8. The standard InChI is InChI=1S/C16H16N2O3/c19-11-2-1-5-13-6-3-8-15(17-13)18-16(20)10-9-14-7-4-12-21-14/h3-4,6-8,12,19H,2,9-11H2,(H,17,18,20). The van der Waals surface area contributed by atoms with Crippen LogP contribution in [-0.2, 0) is 11.2 Å². The highest BCUT2D eigenvalue weighted by Gasteiger charge is 2.05. The Morgan fingerprint density at radius 2 is 2.24 bits per heavy atom. The normalized spacial score (nSPS) is 9.76. The number of hydrogen-bond acceptors (Lipinski definition) is 4. The number of aryl methyl sites for hydroxylation is 1. The molecule has 0 aliphatic carbocycles. The van der Waals surface area contributed by atoms with Crippen molar-refractivity contribution in [2.75, 3.05) is 11.9 Å². The molecule has 5 nitrogen and oxygen atoms in total. The van der Waals surface area contributed by atoms with E-state index in [0.717, 1.165) is 5.76 Å². The summed E-state index contributed by atoms with van der Waals surface area (Å²) in [5.41, 5.74) is 0.562. The lowest BCUT2D eigenvalue weighted by Gasteiger charge is -2.03. The maximum absolute atomic E-state index is 11.8. The molecule has 2 N–H and O–H groups in total. The van der Waals surface area contributed by atoms with Crippen LogP contribution in [0.15, 0.2) is 41.0 Å². The fourth-order valence-electron chi connectivity index (χ4n) is 1.68. The molecule has 0 bridgehead atoms. The summed E-state index contributed by atoms with van der Waals surface area (Å²) >= 11 is 0. The number of nitrogens with one attached hydrogen (secondary N) is 1. The SMILES string of the molecule is O=C(CCc1ccco1)Nc1cccc(C#CCCO)n1. The number of carbonyl (C=O) groups is 1. The zero-order valence-corrected chi connectivity index (χ0v) is 11.5. The minimum atomic E-state index is -0.126. The Morgan fingerprint density at radius 3 is 3.00 bits per heavy atom. The molecule has 0 aliphatic rings. The van der Waals surface area contributed by atoms with Crippen LogP contribution in [0.3, 0.4) is 0 Å². The van der Waals surface area contributed by atoms with Gasteiger partial charge in [0.25, 0.3) is 0 Å². The van der Waals surface area contributed by atoms with E-state index in [0.29, 0.717) is 30.8 Å². The number of aromatic nitrogens is 1. The van der Waals surface area contributed by atoms with E-state index in [1.54, 1.807) is 30.5 Å². The molecule has 0 aliphatic heterocycles. The van der Waals surface area contributed by atoms with Gasteiger partial charge in [0.05, 0.1) is 12.9 Å². The Labute approximate surface area is 123 Å². The number of carbonyl (C=O) groups excluding carboxylic acids is 1. The van der Waals surface area contributed by atoms with Gasteiger partial charge >= 0.3 is 0 Å². The van der Waals surface area contributed by atoms with Gasteiger partial charge in [0.15, 0.2) is 0 Å². The van der Waals surface area contributed by atoms with E-state index in [9.17, 15) is 4.79 Å². The fourth-order valence-corrected chi connectivity index (χ4v) is 1.68. The first-order valence-corrected chi connectivity index (χ1v) is 6.67. The van der Waals surface area contributed by atoms with Crippen molar-refractivity contribution in [2.24, 2.45) is 0 Å². The third-order valence-electron chi connectivity index (χ3n) is 2.65. The summed E-state index contributed by atoms with van der Waals surface area (Å²) in [6.45, 7) is 0.0240. The number of pyridine rings is 1.